The Hall–Kier alpha value is -2.55. The number of fused-ring (bicyclic) bond motifs is 1. The molecular weight excluding hydrogens is 464 g/mol. The first-order chi connectivity index (χ1) is 13.9. The van der Waals surface area contributed by atoms with Crippen LogP contribution in [0.1, 0.15) is 20.7 Å². The maximum absolute atomic E-state index is 12.9. The summed E-state index contributed by atoms with van der Waals surface area (Å²) in [5.74, 6) is -2.22. The molecule has 1 aliphatic carbocycles. The first-order valence-electron chi connectivity index (χ1n) is 8.82. The van der Waals surface area contributed by atoms with E-state index in [0.717, 1.165) is 35.4 Å². The zero-order valence-corrected chi connectivity index (χ0v) is 17.4. The molecule has 1 aliphatic heterocycles. The van der Waals surface area contributed by atoms with Gasteiger partial charge in [-0.25, -0.2) is 0 Å². The van der Waals surface area contributed by atoms with Crippen molar-refractivity contribution in [2.24, 2.45) is 0 Å². The second-order valence-electron chi connectivity index (χ2n) is 6.59. The molecule has 3 N–H and O–H groups in total. The van der Waals surface area contributed by atoms with E-state index in [1.807, 2.05) is 6.07 Å². The number of Topliss-reactive ketones (excluding diaryl/α,β-unsaturated/α-hetero) is 2. The van der Waals surface area contributed by atoms with Crippen LogP contribution in [-0.2, 0) is 4.74 Å². The number of benzene rings is 2. The number of halogens is 2. The maximum Gasteiger partial charge on any atom is 0.215 e. The molecule has 2 aromatic carbocycles. The van der Waals surface area contributed by atoms with Crippen molar-refractivity contribution in [2.45, 2.75) is 0 Å². The molecule has 4 rings (SSSR count). The van der Waals surface area contributed by atoms with Gasteiger partial charge in [-0.15, -0.1) is 0 Å². The van der Waals surface area contributed by atoms with Gasteiger partial charge in [0.05, 0.1) is 30.0 Å². The number of phenols is 2. The van der Waals surface area contributed by atoms with E-state index in [1.54, 1.807) is 12.1 Å². The molecule has 7 nitrogen and oxygen atoms in total. The number of phenolic OH excluding ortho intramolecular Hbond substituents is 2. The number of hydrogen-bond donors (Lipinski definition) is 3. The highest BCUT2D eigenvalue weighted by Gasteiger charge is 2.36. The minimum Gasteiger partial charge on any atom is -0.507 e. The smallest absolute Gasteiger partial charge is 0.215 e. The molecule has 1 fully saturated rings. The van der Waals surface area contributed by atoms with Crippen LogP contribution in [-0.4, -0.2) is 48.1 Å². The zero-order chi connectivity index (χ0) is 20.7. The number of morpholine rings is 1. The third kappa shape index (κ3) is 3.48. The van der Waals surface area contributed by atoms with E-state index < -0.39 is 23.1 Å². The predicted octanol–water partition coefficient (Wildman–Crippen LogP) is 3.64. The normalized spacial score (nSPS) is 16.8. The fraction of sp³-hybridized carbons (Fsp3) is 0.200. The molecule has 0 spiro atoms. The topological polar surface area (TPSA) is 99.1 Å². The van der Waals surface area contributed by atoms with Crippen molar-refractivity contribution in [2.75, 3.05) is 36.5 Å². The van der Waals surface area contributed by atoms with Gasteiger partial charge in [0.15, 0.2) is 0 Å². The molecule has 2 aromatic rings. The van der Waals surface area contributed by atoms with Crippen LogP contribution in [0, 0.1) is 0 Å². The van der Waals surface area contributed by atoms with E-state index in [1.165, 1.54) is 0 Å². The fourth-order valence-corrected chi connectivity index (χ4v) is 4.25. The number of carbonyl (C=O) groups is 2. The van der Waals surface area contributed by atoms with E-state index in [-0.39, 0.29) is 21.9 Å². The van der Waals surface area contributed by atoms with E-state index >= 15 is 0 Å². The average Bonchev–Trinajstić information content (AvgIpc) is 2.72. The van der Waals surface area contributed by atoms with Crippen LogP contribution >= 0.6 is 27.5 Å². The minimum atomic E-state index is -0.735. The Kier molecular flexibility index (Phi) is 5.24. The average molecular weight is 480 g/mol. The Morgan fingerprint density at radius 2 is 1.62 bits per heavy atom. The molecule has 9 heteroatoms. The lowest BCUT2D eigenvalue weighted by Gasteiger charge is -2.30. The molecule has 1 saturated heterocycles. The van der Waals surface area contributed by atoms with Crippen LogP contribution in [0.4, 0.5) is 11.4 Å². The Labute approximate surface area is 179 Å². The summed E-state index contributed by atoms with van der Waals surface area (Å²) in [6.07, 6.45) is 0. The summed E-state index contributed by atoms with van der Waals surface area (Å²) in [4.78, 5) is 27.6. The Morgan fingerprint density at radius 1 is 1.00 bits per heavy atom. The van der Waals surface area contributed by atoms with Gasteiger partial charge in [-0.2, -0.15) is 0 Å². The molecule has 0 unspecified atom stereocenters. The molecule has 2 aliphatic rings. The largest absolute Gasteiger partial charge is 0.507 e. The van der Waals surface area contributed by atoms with E-state index in [2.05, 4.69) is 26.1 Å². The maximum atomic E-state index is 12.9. The van der Waals surface area contributed by atoms with Crippen molar-refractivity contribution in [1.29, 1.82) is 0 Å². The van der Waals surface area contributed by atoms with Crippen LogP contribution in [0.15, 0.2) is 45.5 Å². The summed E-state index contributed by atoms with van der Waals surface area (Å²) in [6.45, 7) is 2.85. The van der Waals surface area contributed by atoms with Crippen molar-refractivity contribution in [3.05, 3.63) is 56.7 Å². The summed E-state index contributed by atoms with van der Waals surface area (Å²) >= 11 is 9.68. The van der Waals surface area contributed by atoms with E-state index in [9.17, 15) is 19.8 Å². The lowest BCUT2D eigenvalue weighted by molar-refractivity contribution is 0.0977. The number of rotatable bonds is 3. The van der Waals surface area contributed by atoms with Crippen LogP contribution in [0.3, 0.4) is 0 Å². The molecule has 29 heavy (non-hydrogen) atoms. The summed E-state index contributed by atoms with van der Waals surface area (Å²) < 4.78 is 6.17. The lowest BCUT2D eigenvalue weighted by Crippen LogP contribution is -2.36. The van der Waals surface area contributed by atoms with Crippen molar-refractivity contribution in [3.63, 3.8) is 0 Å². The number of anilines is 2. The van der Waals surface area contributed by atoms with Gasteiger partial charge in [0.1, 0.15) is 22.2 Å². The number of nitrogens with one attached hydrogen (secondary N) is 1. The van der Waals surface area contributed by atoms with Crippen LogP contribution in [0.5, 0.6) is 11.5 Å². The number of nitrogens with zero attached hydrogens (tertiary/aromatic N) is 1. The number of aromatic hydroxyl groups is 2. The van der Waals surface area contributed by atoms with Gasteiger partial charge < -0.3 is 25.2 Å². The summed E-state index contributed by atoms with van der Waals surface area (Å²) in [7, 11) is 0. The minimum absolute atomic E-state index is 0.156. The van der Waals surface area contributed by atoms with Gasteiger partial charge in [-0.1, -0.05) is 11.6 Å². The van der Waals surface area contributed by atoms with Crippen LogP contribution in [0.25, 0.3) is 0 Å². The van der Waals surface area contributed by atoms with Gasteiger partial charge in [-0.05, 0) is 46.3 Å². The molecular formula is C20H16BrClN2O5. The monoisotopic (exact) mass is 478 g/mol. The van der Waals surface area contributed by atoms with E-state index in [4.69, 9.17) is 16.3 Å². The Bertz CT molecular complexity index is 1060. The van der Waals surface area contributed by atoms with Gasteiger partial charge in [0.2, 0.25) is 11.6 Å². The first kappa shape index (κ1) is 19.8. The van der Waals surface area contributed by atoms with Gasteiger partial charge >= 0.3 is 0 Å². The Morgan fingerprint density at radius 3 is 2.24 bits per heavy atom. The molecule has 0 aromatic heterocycles. The number of carbonyl (C=O) groups excluding carboxylic acids is 2. The fourth-order valence-electron chi connectivity index (χ4n) is 3.39. The third-order valence-corrected chi connectivity index (χ3v) is 5.83. The quantitative estimate of drug-likeness (QED) is 0.578. The highest BCUT2D eigenvalue weighted by atomic mass is 79.9. The predicted molar refractivity (Wildman–Crippen MR) is 112 cm³/mol. The summed E-state index contributed by atoms with van der Waals surface area (Å²) in [5.41, 5.74) is 0.792. The van der Waals surface area contributed by atoms with Crippen LogP contribution < -0.4 is 10.2 Å². The highest BCUT2D eigenvalue weighted by molar-refractivity contribution is 9.10. The second-order valence-corrected chi connectivity index (χ2v) is 7.82. The van der Waals surface area contributed by atoms with Crippen molar-refractivity contribution in [1.82, 2.24) is 0 Å². The molecule has 0 atom stereocenters. The highest BCUT2D eigenvalue weighted by Crippen LogP contribution is 2.39. The molecule has 150 valence electrons. The van der Waals surface area contributed by atoms with Crippen LogP contribution in [0.2, 0.25) is 0 Å². The van der Waals surface area contributed by atoms with Gasteiger partial charge in [-0.3, -0.25) is 9.59 Å². The number of hydrogen-bond acceptors (Lipinski definition) is 7. The molecule has 0 saturated carbocycles. The molecule has 1 heterocycles. The van der Waals surface area contributed by atoms with Crippen molar-refractivity contribution < 1.29 is 24.5 Å². The number of ether oxygens (including phenoxy) is 1. The Balaban J connectivity index is 1.66. The zero-order valence-electron chi connectivity index (χ0n) is 15.0. The second kappa shape index (κ2) is 7.70. The standard InChI is InChI=1S/C20H16BrClN2O5/c21-11-9-10(1-2-12(11)24-5-7-29-8-6-24)23-18-17(22)19(27)15-13(25)3-4-14(26)16(15)20(18)28/h1-4,9,23,25-26H,5-8H2. The molecule has 0 amide bonds. The third-order valence-electron chi connectivity index (χ3n) is 4.83. The molecule has 0 bridgehead atoms. The van der Waals surface area contributed by atoms with E-state index in [0.29, 0.717) is 18.9 Å². The SMILES string of the molecule is O=C1C(Cl)=C(Nc2ccc(N3CCOCC3)c(Br)c2)C(=O)c2c(O)ccc(O)c21. The summed E-state index contributed by atoms with van der Waals surface area (Å²) in [5, 5.41) is 22.5. The van der Waals surface area contributed by atoms with Crippen molar-refractivity contribution >= 4 is 50.5 Å². The number of ketones is 2. The summed E-state index contributed by atoms with van der Waals surface area (Å²) in [6, 6.07) is 7.73. The number of allylic oxidation sites excluding steroid dienone is 2. The molecule has 0 radical (unpaired) electrons. The first-order valence-corrected chi connectivity index (χ1v) is 9.99. The van der Waals surface area contributed by atoms with Gasteiger partial charge in [0, 0.05) is 23.2 Å². The lowest BCUT2D eigenvalue weighted by atomic mass is 9.90. The van der Waals surface area contributed by atoms with Crippen molar-refractivity contribution in [3.8, 4) is 11.5 Å². The van der Waals surface area contributed by atoms with Gasteiger partial charge in [0.25, 0.3) is 0 Å².